The predicted octanol–water partition coefficient (Wildman–Crippen LogP) is 0.563. The number of carboxylic acids is 1. The Morgan fingerprint density at radius 1 is 1.24 bits per heavy atom. The first kappa shape index (κ1) is 13.4. The van der Waals surface area contributed by atoms with E-state index in [9.17, 15) is 4.79 Å². The molecule has 0 aromatic carbocycles. The zero-order chi connectivity index (χ0) is 12.8. The summed E-state index contributed by atoms with van der Waals surface area (Å²) in [7, 11) is 5.95. The Kier molecular flexibility index (Phi) is 4.84. The summed E-state index contributed by atoms with van der Waals surface area (Å²) in [5, 5.41) is 8.72. The molecule has 0 radical (unpaired) electrons. The summed E-state index contributed by atoms with van der Waals surface area (Å²) in [6, 6.07) is 0. The van der Waals surface area contributed by atoms with Crippen LogP contribution in [0, 0.1) is 0 Å². The van der Waals surface area contributed by atoms with Gasteiger partial charge in [-0.15, -0.1) is 0 Å². The predicted molar refractivity (Wildman–Crippen MR) is 65.4 cm³/mol. The third-order valence-electron chi connectivity index (χ3n) is 2.33. The van der Waals surface area contributed by atoms with Gasteiger partial charge >= 0.3 is 5.97 Å². The van der Waals surface area contributed by atoms with Gasteiger partial charge in [-0.1, -0.05) is 0 Å². The summed E-state index contributed by atoms with van der Waals surface area (Å²) in [6.07, 6.45) is 3.66. The van der Waals surface area contributed by atoms with Crippen LogP contribution in [0.5, 0.6) is 0 Å². The number of carboxylic acid groups (broad SMARTS) is 1. The maximum Gasteiger partial charge on any atom is 0.338 e. The monoisotopic (exact) mass is 238 g/mol. The second kappa shape index (κ2) is 6.15. The number of carbonyl (C=O) groups is 1. The SMILES string of the molecule is CN(C)CCCN(C)c1ncc(C(=O)O)cn1. The van der Waals surface area contributed by atoms with Crippen molar-refractivity contribution in [1.29, 1.82) is 0 Å². The Bertz CT molecular complexity index is 364. The number of aromatic carboxylic acids is 1. The molecule has 0 spiro atoms. The van der Waals surface area contributed by atoms with Crippen LogP contribution < -0.4 is 4.90 Å². The van der Waals surface area contributed by atoms with Crippen molar-refractivity contribution in [1.82, 2.24) is 14.9 Å². The summed E-state index contributed by atoms with van der Waals surface area (Å²) in [5.74, 6) is -0.458. The third-order valence-corrected chi connectivity index (χ3v) is 2.33. The molecule has 1 N–H and O–H groups in total. The molecule has 0 aliphatic rings. The molecule has 1 aromatic heterocycles. The van der Waals surface area contributed by atoms with Gasteiger partial charge in [0.1, 0.15) is 0 Å². The minimum Gasteiger partial charge on any atom is -0.478 e. The van der Waals surface area contributed by atoms with Gasteiger partial charge in [0.05, 0.1) is 5.56 Å². The Hall–Kier alpha value is -1.69. The molecule has 0 saturated carbocycles. The molecule has 0 fully saturated rings. The fourth-order valence-electron chi connectivity index (χ4n) is 1.35. The first-order valence-electron chi connectivity index (χ1n) is 5.42. The molecule has 17 heavy (non-hydrogen) atoms. The van der Waals surface area contributed by atoms with E-state index in [2.05, 4.69) is 14.9 Å². The van der Waals surface area contributed by atoms with Gasteiger partial charge in [0.25, 0.3) is 0 Å². The molecule has 0 amide bonds. The molecule has 0 atom stereocenters. The second-order valence-corrected chi connectivity index (χ2v) is 4.16. The van der Waals surface area contributed by atoms with Gasteiger partial charge in [0.2, 0.25) is 5.95 Å². The van der Waals surface area contributed by atoms with Crippen molar-refractivity contribution in [2.75, 3.05) is 39.1 Å². The highest BCUT2D eigenvalue weighted by Gasteiger charge is 2.07. The molecular weight excluding hydrogens is 220 g/mol. The van der Waals surface area contributed by atoms with Gasteiger partial charge in [-0.3, -0.25) is 0 Å². The fourth-order valence-corrected chi connectivity index (χ4v) is 1.35. The highest BCUT2D eigenvalue weighted by molar-refractivity contribution is 5.86. The van der Waals surface area contributed by atoms with E-state index < -0.39 is 5.97 Å². The molecule has 0 aliphatic carbocycles. The van der Waals surface area contributed by atoms with Crippen LogP contribution in [0.2, 0.25) is 0 Å². The molecule has 1 heterocycles. The number of hydrogen-bond donors (Lipinski definition) is 1. The second-order valence-electron chi connectivity index (χ2n) is 4.16. The van der Waals surface area contributed by atoms with E-state index in [-0.39, 0.29) is 5.56 Å². The lowest BCUT2D eigenvalue weighted by Crippen LogP contribution is -2.24. The van der Waals surface area contributed by atoms with E-state index in [1.54, 1.807) is 0 Å². The normalized spacial score (nSPS) is 10.6. The van der Waals surface area contributed by atoms with Crippen LogP contribution in [0.4, 0.5) is 5.95 Å². The summed E-state index contributed by atoms with van der Waals surface area (Å²) in [5.41, 5.74) is 0.107. The van der Waals surface area contributed by atoms with Gasteiger partial charge in [-0.2, -0.15) is 0 Å². The number of anilines is 1. The minimum absolute atomic E-state index is 0.107. The van der Waals surface area contributed by atoms with Gasteiger partial charge in [0, 0.05) is 26.0 Å². The van der Waals surface area contributed by atoms with Gasteiger partial charge < -0.3 is 14.9 Å². The van der Waals surface area contributed by atoms with Gasteiger partial charge in [0.15, 0.2) is 0 Å². The van der Waals surface area contributed by atoms with Crippen molar-refractivity contribution in [3.63, 3.8) is 0 Å². The first-order valence-corrected chi connectivity index (χ1v) is 5.42. The van der Waals surface area contributed by atoms with Crippen molar-refractivity contribution in [3.05, 3.63) is 18.0 Å². The lowest BCUT2D eigenvalue weighted by Gasteiger charge is -2.18. The zero-order valence-electron chi connectivity index (χ0n) is 10.4. The van der Waals surface area contributed by atoms with E-state index in [0.29, 0.717) is 5.95 Å². The largest absolute Gasteiger partial charge is 0.478 e. The number of rotatable bonds is 6. The van der Waals surface area contributed by atoms with E-state index >= 15 is 0 Å². The van der Waals surface area contributed by atoms with Crippen molar-refractivity contribution >= 4 is 11.9 Å². The summed E-state index contributed by atoms with van der Waals surface area (Å²) in [6.45, 7) is 1.84. The standard InChI is InChI=1S/C11H18N4O2/c1-14(2)5-4-6-15(3)11-12-7-9(8-13-11)10(16)17/h7-8H,4-6H2,1-3H3,(H,16,17). The molecule has 6 heteroatoms. The van der Waals surface area contributed by atoms with Crippen LogP contribution in [-0.2, 0) is 0 Å². The maximum absolute atomic E-state index is 10.6. The van der Waals surface area contributed by atoms with Gasteiger partial charge in [-0.05, 0) is 27.1 Å². The lowest BCUT2D eigenvalue weighted by molar-refractivity contribution is 0.0696. The quantitative estimate of drug-likeness (QED) is 0.781. The van der Waals surface area contributed by atoms with Crippen LogP contribution in [0.3, 0.4) is 0 Å². The summed E-state index contributed by atoms with van der Waals surface area (Å²) >= 11 is 0. The van der Waals surface area contributed by atoms with E-state index in [0.717, 1.165) is 19.5 Å². The third kappa shape index (κ3) is 4.36. The molecule has 1 rings (SSSR count). The molecule has 94 valence electrons. The van der Waals surface area contributed by atoms with Crippen molar-refractivity contribution in [2.45, 2.75) is 6.42 Å². The molecule has 6 nitrogen and oxygen atoms in total. The topological polar surface area (TPSA) is 69.6 Å². The highest BCUT2D eigenvalue weighted by Crippen LogP contribution is 2.05. The Balaban J connectivity index is 2.51. The molecule has 1 aromatic rings. The van der Waals surface area contributed by atoms with E-state index in [1.807, 2.05) is 26.0 Å². The molecule has 0 aliphatic heterocycles. The van der Waals surface area contributed by atoms with Crippen LogP contribution in [0.25, 0.3) is 0 Å². The zero-order valence-corrected chi connectivity index (χ0v) is 10.4. The summed E-state index contributed by atoms with van der Waals surface area (Å²) in [4.78, 5) is 22.7. The Labute approximate surface area is 101 Å². The van der Waals surface area contributed by atoms with Crippen molar-refractivity contribution in [2.24, 2.45) is 0 Å². The van der Waals surface area contributed by atoms with Gasteiger partial charge in [-0.25, -0.2) is 14.8 Å². The van der Waals surface area contributed by atoms with E-state index in [1.165, 1.54) is 12.4 Å². The van der Waals surface area contributed by atoms with Crippen LogP contribution in [0.1, 0.15) is 16.8 Å². The van der Waals surface area contributed by atoms with Crippen LogP contribution >= 0.6 is 0 Å². The fraction of sp³-hybridized carbons (Fsp3) is 0.545. The Morgan fingerprint density at radius 2 is 1.82 bits per heavy atom. The number of hydrogen-bond acceptors (Lipinski definition) is 5. The average molecular weight is 238 g/mol. The van der Waals surface area contributed by atoms with Crippen molar-refractivity contribution in [3.8, 4) is 0 Å². The molecular formula is C11H18N4O2. The smallest absolute Gasteiger partial charge is 0.338 e. The van der Waals surface area contributed by atoms with Crippen molar-refractivity contribution < 1.29 is 9.90 Å². The highest BCUT2D eigenvalue weighted by atomic mass is 16.4. The minimum atomic E-state index is -1.01. The Morgan fingerprint density at radius 3 is 2.29 bits per heavy atom. The summed E-state index contributed by atoms with van der Waals surface area (Å²) < 4.78 is 0. The molecule has 0 saturated heterocycles. The van der Waals surface area contributed by atoms with Crippen LogP contribution in [-0.4, -0.2) is 60.2 Å². The maximum atomic E-state index is 10.6. The lowest BCUT2D eigenvalue weighted by atomic mass is 10.3. The molecule has 0 unspecified atom stereocenters. The van der Waals surface area contributed by atoms with E-state index in [4.69, 9.17) is 5.11 Å². The number of nitrogens with zero attached hydrogens (tertiary/aromatic N) is 4. The number of aromatic nitrogens is 2. The molecule has 0 bridgehead atoms. The average Bonchev–Trinajstić information content (AvgIpc) is 2.28. The van der Waals surface area contributed by atoms with Crippen LogP contribution in [0.15, 0.2) is 12.4 Å². The first-order chi connectivity index (χ1) is 8.00.